The van der Waals surface area contributed by atoms with Crippen molar-refractivity contribution in [1.29, 1.82) is 0 Å². The second kappa shape index (κ2) is 6.80. The maximum Gasteiger partial charge on any atom is 0.410 e. The van der Waals surface area contributed by atoms with E-state index in [1.165, 1.54) is 4.90 Å². The van der Waals surface area contributed by atoms with Crippen molar-refractivity contribution in [1.82, 2.24) is 19.6 Å². The molecule has 0 aromatic carbocycles. The summed E-state index contributed by atoms with van der Waals surface area (Å²) in [5.74, 6) is -1.07. The first kappa shape index (κ1) is 18.3. The van der Waals surface area contributed by atoms with E-state index in [-0.39, 0.29) is 12.2 Å². The maximum atomic E-state index is 12.2. The SMILES string of the molecule is CN(C)CCn1nc(C(=O)O)c2c1CCN(C(=O)OC(C)(C)C)C2. The van der Waals surface area contributed by atoms with Crippen LogP contribution in [0.3, 0.4) is 0 Å². The summed E-state index contributed by atoms with van der Waals surface area (Å²) in [5, 5.41) is 13.7. The van der Waals surface area contributed by atoms with Crippen LogP contribution in [0.2, 0.25) is 0 Å². The summed E-state index contributed by atoms with van der Waals surface area (Å²) in [5.41, 5.74) is 0.951. The molecule has 0 radical (unpaired) electrons. The van der Waals surface area contributed by atoms with Crippen molar-refractivity contribution in [3.63, 3.8) is 0 Å². The lowest BCUT2D eigenvalue weighted by atomic mass is 10.1. The molecule has 0 saturated heterocycles. The molecule has 2 heterocycles. The Kier molecular flexibility index (Phi) is 5.17. The highest BCUT2D eigenvalue weighted by Crippen LogP contribution is 2.24. The van der Waals surface area contributed by atoms with Gasteiger partial charge in [-0.25, -0.2) is 9.59 Å². The molecule has 0 unspecified atom stereocenters. The molecule has 2 rings (SSSR count). The van der Waals surface area contributed by atoms with E-state index in [1.54, 1.807) is 4.68 Å². The number of hydrogen-bond donors (Lipinski definition) is 1. The number of carbonyl (C=O) groups is 2. The Bertz CT molecular complexity index is 631. The third kappa shape index (κ3) is 4.25. The van der Waals surface area contributed by atoms with Crippen molar-refractivity contribution in [3.05, 3.63) is 17.0 Å². The molecule has 0 aliphatic carbocycles. The molecule has 24 heavy (non-hydrogen) atoms. The molecule has 0 saturated carbocycles. The van der Waals surface area contributed by atoms with Crippen LogP contribution in [-0.4, -0.2) is 69.5 Å². The predicted octanol–water partition coefficient (Wildman–Crippen LogP) is 1.44. The summed E-state index contributed by atoms with van der Waals surface area (Å²) >= 11 is 0. The highest BCUT2D eigenvalue weighted by Gasteiger charge is 2.31. The average Bonchev–Trinajstić information content (AvgIpc) is 2.81. The number of aromatic carboxylic acids is 1. The fraction of sp³-hybridized carbons (Fsp3) is 0.688. The molecule has 1 N–H and O–H groups in total. The van der Waals surface area contributed by atoms with Gasteiger partial charge in [-0.2, -0.15) is 5.10 Å². The molecule has 8 heteroatoms. The van der Waals surface area contributed by atoms with Crippen LogP contribution in [0.5, 0.6) is 0 Å². The molecule has 0 fully saturated rings. The molecule has 0 bridgehead atoms. The van der Waals surface area contributed by atoms with Crippen LogP contribution < -0.4 is 0 Å². The number of amides is 1. The lowest BCUT2D eigenvalue weighted by molar-refractivity contribution is 0.0220. The van der Waals surface area contributed by atoms with Gasteiger partial charge in [-0.05, 0) is 34.9 Å². The minimum atomic E-state index is -1.07. The number of nitrogens with zero attached hydrogens (tertiary/aromatic N) is 4. The van der Waals surface area contributed by atoms with E-state index in [4.69, 9.17) is 4.74 Å². The van der Waals surface area contributed by atoms with E-state index in [0.717, 1.165) is 12.2 Å². The van der Waals surface area contributed by atoms with Gasteiger partial charge in [-0.15, -0.1) is 0 Å². The van der Waals surface area contributed by atoms with Crippen LogP contribution in [0, 0.1) is 0 Å². The number of carbonyl (C=O) groups excluding carboxylic acids is 1. The Balaban J connectivity index is 2.23. The van der Waals surface area contributed by atoms with E-state index in [9.17, 15) is 14.7 Å². The minimum Gasteiger partial charge on any atom is -0.476 e. The Labute approximate surface area is 142 Å². The summed E-state index contributed by atoms with van der Waals surface area (Å²) in [6, 6.07) is 0. The smallest absolute Gasteiger partial charge is 0.410 e. The van der Waals surface area contributed by atoms with Gasteiger partial charge in [0.15, 0.2) is 5.69 Å². The van der Waals surface area contributed by atoms with Crippen LogP contribution >= 0.6 is 0 Å². The number of ether oxygens (including phenoxy) is 1. The monoisotopic (exact) mass is 338 g/mol. The van der Waals surface area contributed by atoms with Crippen molar-refractivity contribution in [2.45, 2.75) is 45.9 Å². The minimum absolute atomic E-state index is 0.0250. The standard InChI is InChI=1S/C16H26N4O4/c1-16(2,3)24-15(23)19-7-6-12-11(10-19)13(14(21)22)17-20(12)9-8-18(4)5/h6-10H2,1-5H3,(H,21,22). The summed E-state index contributed by atoms with van der Waals surface area (Å²) in [4.78, 5) is 27.3. The first-order chi connectivity index (χ1) is 11.1. The summed E-state index contributed by atoms with van der Waals surface area (Å²) < 4.78 is 7.14. The van der Waals surface area contributed by atoms with Crippen molar-refractivity contribution >= 4 is 12.1 Å². The Hall–Kier alpha value is -2.09. The molecular formula is C16H26N4O4. The van der Waals surface area contributed by atoms with Gasteiger partial charge in [-0.1, -0.05) is 0 Å². The first-order valence-corrected chi connectivity index (χ1v) is 8.03. The Morgan fingerprint density at radius 1 is 1.33 bits per heavy atom. The maximum absolute atomic E-state index is 12.2. The van der Waals surface area contributed by atoms with E-state index >= 15 is 0 Å². The molecule has 8 nitrogen and oxygen atoms in total. The van der Waals surface area contributed by atoms with Crippen LogP contribution in [0.15, 0.2) is 0 Å². The van der Waals surface area contributed by atoms with Gasteiger partial charge < -0.3 is 19.6 Å². The second-order valence-corrected chi connectivity index (χ2v) is 7.26. The van der Waals surface area contributed by atoms with Crippen LogP contribution in [-0.2, 0) is 24.2 Å². The van der Waals surface area contributed by atoms with Crippen molar-refractivity contribution in [3.8, 4) is 0 Å². The largest absolute Gasteiger partial charge is 0.476 e. The highest BCUT2D eigenvalue weighted by atomic mass is 16.6. The van der Waals surface area contributed by atoms with E-state index < -0.39 is 17.7 Å². The van der Waals surface area contributed by atoms with Gasteiger partial charge in [0.25, 0.3) is 0 Å². The predicted molar refractivity (Wildman–Crippen MR) is 88.1 cm³/mol. The number of aromatic nitrogens is 2. The zero-order valence-electron chi connectivity index (χ0n) is 15.0. The first-order valence-electron chi connectivity index (χ1n) is 8.03. The normalized spacial score (nSPS) is 14.7. The molecule has 1 aromatic rings. The summed E-state index contributed by atoms with van der Waals surface area (Å²) in [7, 11) is 3.91. The molecule has 1 aromatic heterocycles. The number of rotatable bonds is 4. The van der Waals surface area contributed by atoms with Crippen LogP contribution in [0.4, 0.5) is 4.79 Å². The van der Waals surface area contributed by atoms with Crippen molar-refractivity contribution in [2.24, 2.45) is 0 Å². The van der Waals surface area contributed by atoms with Gasteiger partial charge in [0, 0.05) is 30.8 Å². The number of carboxylic acids is 1. The van der Waals surface area contributed by atoms with Crippen LogP contribution in [0.1, 0.15) is 42.5 Å². The fourth-order valence-electron chi connectivity index (χ4n) is 2.62. The Morgan fingerprint density at radius 3 is 2.54 bits per heavy atom. The third-order valence-electron chi connectivity index (χ3n) is 3.75. The zero-order chi connectivity index (χ0) is 18.1. The number of fused-ring (bicyclic) bond motifs is 1. The van der Waals surface area contributed by atoms with Crippen LogP contribution in [0.25, 0.3) is 0 Å². The summed E-state index contributed by atoms with van der Waals surface area (Å²) in [6.45, 7) is 7.52. The fourth-order valence-corrected chi connectivity index (χ4v) is 2.62. The van der Waals surface area contributed by atoms with E-state index in [1.807, 2.05) is 39.8 Å². The van der Waals surface area contributed by atoms with Gasteiger partial charge in [0.05, 0.1) is 13.1 Å². The van der Waals surface area contributed by atoms with E-state index in [0.29, 0.717) is 25.1 Å². The lowest BCUT2D eigenvalue weighted by Crippen LogP contribution is -2.40. The van der Waals surface area contributed by atoms with Gasteiger partial charge in [0.2, 0.25) is 0 Å². The molecule has 1 aliphatic heterocycles. The summed E-state index contributed by atoms with van der Waals surface area (Å²) in [6.07, 6.45) is 0.146. The molecule has 134 valence electrons. The average molecular weight is 338 g/mol. The van der Waals surface area contributed by atoms with Gasteiger partial charge in [-0.3, -0.25) is 4.68 Å². The number of hydrogen-bond acceptors (Lipinski definition) is 5. The lowest BCUT2D eigenvalue weighted by Gasteiger charge is -2.30. The van der Waals surface area contributed by atoms with Gasteiger partial charge in [0.1, 0.15) is 5.60 Å². The van der Waals surface area contributed by atoms with Gasteiger partial charge >= 0.3 is 12.1 Å². The molecular weight excluding hydrogens is 312 g/mol. The molecule has 1 aliphatic rings. The zero-order valence-corrected chi connectivity index (χ0v) is 15.0. The number of likely N-dealkylation sites (N-methyl/N-ethyl adjacent to an activating group) is 1. The molecule has 0 spiro atoms. The van der Waals surface area contributed by atoms with E-state index in [2.05, 4.69) is 5.10 Å². The topological polar surface area (TPSA) is 87.9 Å². The van der Waals surface area contributed by atoms with Crippen molar-refractivity contribution < 1.29 is 19.4 Å². The number of carboxylic acid groups (broad SMARTS) is 1. The third-order valence-corrected chi connectivity index (χ3v) is 3.75. The molecule has 0 atom stereocenters. The molecule has 1 amide bonds. The quantitative estimate of drug-likeness (QED) is 0.894. The second-order valence-electron chi connectivity index (χ2n) is 7.26. The van der Waals surface area contributed by atoms with Crippen molar-refractivity contribution in [2.75, 3.05) is 27.2 Å². The highest BCUT2D eigenvalue weighted by molar-refractivity contribution is 5.87. The Morgan fingerprint density at radius 2 is 2.00 bits per heavy atom.